The van der Waals surface area contributed by atoms with Crippen LogP contribution in [0.15, 0.2) is 60.7 Å². The molecule has 0 nitrogen and oxygen atoms in total. The highest BCUT2D eigenvalue weighted by atomic mass is 31.1. The summed E-state index contributed by atoms with van der Waals surface area (Å²) >= 11 is 0. The lowest BCUT2D eigenvalue weighted by Crippen LogP contribution is -2.13. The van der Waals surface area contributed by atoms with Crippen LogP contribution in [0.1, 0.15) is 90.9 Å². The molecule has 0 bridgehead atoms. The Labute approximate surface area is 182 Å². The third-order valence-corrected chi connectivity index (χ3v) is 8.41. The third kappa shape index (κ3) is 11.0. The molecule has 0 amide bonds. The lowest BCUT2D eigenvalue weighted by molar-refractivity contribution is 0.504. The van der Waals surface area contributed by atoms with Crippen LogP contribution in [0.4, 0.5) is 0 Å². The quantitative estimate of drug-likeness (QED) is 0.192. The first-order valence-corrected chi connectivity index (χ1v) is 13.7. The molecule has 160 valence electrons. The van der Waals surface area contributed by atoms with Crippen molar-refractivity contribution in [1.29, 1.82) is 0 Å². The molecule has 0 saturated carbocycles. The van der Waals surface area contributed by atoms with Gasteiger partial charge in [-0.25, -0.2) is 0 Å². The van der Waals surface area contributed by atoms with Crippen LogP contribution >= 0.6 is 7.92 Å². The molecule has 0 aliphatic rings. The summed E-state index contributed by atoms with van der Waals surface area (Å²) in [6.07, 6.45) is 18.5. The molecule has 0 heterocycles. The van der Waals surface area contributed by atoms with Crippen LogP contribution in [0.3, 0.4) is 0 Å². The Morgan fingerprint density at radius 1 is 0.517 bits per heavy atom. The van der Waals surface area contributed by atoms with E-state index in [-0.39, 0.29) is 7.92 Å². The van der Waals surface area contributed by atoms with E-state index in [1.807, 2.05) is 0 Å². The summed E-state index contributed by atoms with van der Waals surface area (Å²) in [7, 11) is -0.193. The highest BCUT2D eigenvalue weighted by Gasteiger charge is 2.12. The highest BCUT2D eigenvalue weighted by Crippen LogP contribution is 2.34. The van der Waals surface area contributed by atoms with E-state index in [1.165, 1.54) is 93.8 Å². The van der Waals surface area contributed by atoms with E-state index in [2.05, 4.69) is 74.5 Å². The van der Waals surface area contributed by atoms with E-state index in [4.69, 9.17) is 0 Å². The summed E-state index contributed by atoms with van der Waals surface area (Å²) in [5, 5.41) is 3.06. The van der Waals surface area contributed by atoms with E-state index in [1.54, 1.807) is 0 Å². The average molecular weight is 411 g/mol. The van der Waals surface area contributed by atoms with Crippen molar-refractivity contribution in [2.24, 2.45) is 5.92 Å². The fourth-order valence-corrected chi connectivity index (χ4v) is 6.46. The number of rotatable bonds is 16. The Hall–Kier alpha value is -1.13. The minimum Gasteiger partial charge on any atom is -0.0628 e. The van der Waals surface area contributed by atoms with Gasteiger partial charge in [-0.1, -0.05) is 145 Å². The van der Waals surface area contributed by atoms with Gasteiger partial charge in [0.1, 0.15) is 0 Å². The van der Waals surface area contributed by atoms with Crippen molar-refractivity contribution in [2.45, 2.75) is 90.9 Å². The summed E-state index contributed by atoms with van der Waals surface area (Å²) in [5.41, 5.74) is 0. The van der Waals surface area contributed by atoms with E-state index in [0.29, 0.717) is 0 Å². The van der Waals surface area contributed by atoms with Crippen LogP contribution in [0, 0.1) is 5.92 Å². The second-order valence-corrected chi connectivity index (χ2v) is 11.2. The van der Waals surface area contributed by atoms with Crippen molar-refractivity contribution in [2.75, 3.05) is 6.16 Å². The summed E-state index contributed by atoms with van der Waals surface area (Å²) in [5.74, 6) is 0.881. The SMILES string of the molecule is CC(C)CCCCCCCCCCCCCP(c1ccccc1)c1ccccc1. The summed E-state index contributed by atoms with van der Waals surface area (Å²) in [6.45, 7) is 4.68. The summed E-state index contributed by atoms with van der Waals surface area (Å²) in [4.78, 5) is 0. The number of hydrogen-bond acceptors (Lipinski definition) is 0. The molecule has 0 aromatic heterocycles. The maximum Gasteiger partial charge on any atom is -0.0195 e. The van der Waals surface area contributed by atoms with Crippen molar-refractivity contribution < 1.29 is 0 Å². The smallest absolute Gasteiger partial charge is 0.0195 e. The molecule has 0 fully saturated rings. The molecule has 0 unspecified atom stereocenters. The van der Waals surface area contributed by atoms with Gasteiger partial charge in [-0.05, 0) is 37.0 Å². The monoisotopic (exact) mass is 410 g/mol. The van der Waals surface area contributed by atoms with Gasteiger partial charge in [0.2, 0.25) is 0 Å². The van der Waals surface area contributed by atoms with E-state index in [0.717, 1.165) is 5.92 Å². The number of hydrogen-bond donors (Lipinski definition) is 0. The normalized spacial score (nSPS) is 11.4. The molecule has 0 saturated heterocycles. The van der Waals surface area contributed by atoms with Crippen LogP contribution in [-0.4, -0.2) is 6.16 Å². The minimum atomic E-state index is -0.193. The largest absolute Gasteiger partial charge is 0.0628 e. The maximum atomic E-state index is 2.34. The molecular formula is C28H43P. The summed E-state index contributed by atoms with van der Waals surface area (Å²) < 4.78 is 0. The van der Waals surface area contributed by atoms with Crippen LogP contribution in [0.5, 0.6) is 0 Å². The molecule has 29 heavy (non-hydrogen) atoms. The van der Waals surface area contributed by atoms with Crippen LogP contribution in [0.2, 0.25) is 0 Å². The van der Waals surface area contributed by atoms with Gasteiger partial charge in [-0.2, -0.15) is 0 Å². The molecule has 0 N–H and O–H groups in total. The van der Waals surface area contributed by atoms with Gasteiger partial charge >= 0.3 is 0 Å². The first-order valence-electron chi connectivity index (χ1n) is 12.1. The van der Waals surface area contributed by atoms with Crippen molar-refractivity contribution in [3.8, 4) is 0 Å². The molecule has 0 aliphatic heterocycles. The van der Waals surface area contributed by atoms with E-state index in [9.17, 15) is 0 Å². The van der Waals surface area contributed by atoms with Gasteiger partial charge in [-0.15, -0.1) is 0 Å². The molecule has 1 heteroatoms. The lowest BCUT2D eigenvalue weighted by atomic mass is 10.0. The number of unbranched alkanes of at least 4 members (excludes halogenated alkanes) is 10. The van der Waals surface area contributed by atoms with Crippen molar-refractivity contribution >= 4 is 18.5 Å². The second kappa shape index (κ2) is 15.7. The van der Waals surface area contributed by atoms with Gasteiger partial charge in [0, 0.05) is 0 Å². The van der Waals surface area contributed by atoms with Gasteiger partial charge in [-0.3, -0.25) is 0 Å². The Morgan fingerprint density at radius 2 is 0.897 bits per heavy atom. The lowest BCUT2D eigenvalue weighted by Gasteiger charge is -2.18. The molecule has 2 aromatic carbocycles. The topological polar surface area (TPSA) is 0 Å². The molecule has 2 rings (SSSR count). The first-order chi connectivity index (χ1) is 14.3. The average Bonchev–Trinajstić information content (AvgIpc) is 2.75. The first kappa shape index (κ1) is 24.1. The van der Waals surface area contributed by atoms with Gasteiger partial charge in [0.15, 0.2) is 0 Å². The molecule has 0 aliphatic carbocycles. The van der Waals surface area contributed by atoms with Crippen molar-refractivity contribution in [1.82, 2.24) is 0 Å². The molecule has 0 atom stereocenters. The van der Waals surface area contributed by atoms with Crippen molar-refractivity contribution in [3.63, 3.8) is 0 Å². The Balaban J connectivity index is 1.53. The fraction of sp³-hybridized carbons (Fsp3) is 0.571. The van der Waals surface area contributed by atoms with E-state index >= 15 is 0 Å². The highest BCUT2D eigenvalue weighted by molar-refractivity contribution is 7.73. The molecule has 2 aromatic rings. The van der Waals surface area contributed by atoms with Crippen LogP contribution < -0.4 is 10.6 Å². The Morgan fingerprint density at radius 3 is 1.31 bits per heavy atom. The van der Waals surface area contributed by atoms with Gasteiger partial charge < -0.3 is 0 Å². The molecule has 0 radical (unpaired) electrons. The predicted octanol–water partition coefficient (Wildman–Crippen LogP) is 8.46. The third-order valence-electron chi connectivity index (χ3n) is 5.80. The van der Waals surface area contributed by atoms with Gasteiger partial charge in [0.05, 0.1) is 0 Å². The zero-order valence-electron chi connectivity index (χ0n) is 19.0. The number of benzene rings is 2. The zero-order chi connectivity index (χ0) is 20.6. The zero-order valence-corrected chi connectivity index (χ0v) is 19.9. The maximum absolute atomic E-state index is 2.34. The standard InChI is InChI=1S/C28H43P/c1-26(2)20-14-10-8-6-4-3-5-7-9-11-19-25-29(27-21-15-12-16-22-27)28-23-17-13-18-24-28/h12-13,15-18,21-24,26H,3-11,14,19-20,25H2,1-2H3. The van der Waals surface area contributed by atoms with Crippen LogP contribution in [0.25, 0.3) is 0 Å². The summed E-state index contributed by atoms with van der Waals surface area (Å²) in [6, 6.07) is 22.3. The van der Waals surface area contributed by atoms with E-state index < -0.39 is 0 Å². The molecule has 0 spiro atoms. The molecular weight excluding hydrogens is 367 g/mol. The minimum absolute atomic E-state index is 0.193. The predicted molar refractivity (Wildman–Crippen MR) is 134 cm³/mol. The van der Waals surface area contributed by atoms with Gasteiger partial charge in [0.25, 0.3) is 0 Å². The second-order valence-electron chi connectivity index (χ2n) is 8.89. The van der Waals surface area contributed by atoms with Crippen LogP contribution in [-0.2, 0) is 0 Å². The Bertz CT molecular complexity index is 565. The van der Waals surface area contributed by atoms with Crippen molar-refractivity contribution in [3.05, 3.63) is 60.7 Å². The Kier molecular flexibility index (Phi) is 13.1. The fourth-order valence-electron chi connectivity index (χ4n) is 4.04.